The van der Waals surface area contributed by atoms with E-state index in [2.05, 4.69) is 10.3 Å². The molecule has 0 fully saturated rings. The number of nitrogens with one attached hydrogen (secondary N) is 1. The molecule has 9 heteroatoms. The molecule has 0 atom stereocenters. The number of carbonyl (C=O) groups is 2. The minimum atomic E-state index is -0.309. The van der Waals surface area contributed by atoms with Crippen LogP contribution < -0.4 is 5.32 Å². The third kappa shape index (κ3) is 7.53. The van der Waals surface area contributed by atoms with Gasteiger partial charge in [0.1, 0.15) is 6.26 Å². The Bertz CT molecular complexity index is 532. The maximum Gasteiger partial charge on any atom is 0.319 e. The van der Waals surface area contributed by atoms with Crippen LogP contribution >= 0.6 is 0 Å². The highest BCUT2D eigenvalue weighted by Gasteiger charge is 2.19. The Kier molecular flexibility index (Phi) is 9.56. The van der Waals surface area contributed by atoms with Crippen molar-refractivity contribution in [1.29, 1.82) is 0 Å². The molecule has 1 aromatic heterocycles. The average Bonchev–Trinajstić information content (AvgIpc) is 3.05. The fourth-order valence-corrected chi connectivity index (χ4v) is 2.08. The summed E-state index contributed by atoms with van der Waals surface area (Å²) in [7, 11) is 6.59. The van der Waals surface area contributed by atoms with Crippen LogP contribution in [0.25, 0.3) is 0 Å². The second-order valence-electron chi connectivity index (χ2n) is 5.67. The first-order valence-electron chi connectivity index (χ1n) is 8.16. The van der Waals surface area contributed by atoms with Gasteiger partial charge in [0.05, 0.1) is 6.54 Å². The Labute approximate surface area is 148 Å². The number of ether oxygens (including phenoxy) is 2. The molecule has 9 nitrogen and oxygen atoms in total. The van der Waals surface area contributed by atoms with Gasteiger partial charge in [-0.1, -0.05) is 0 Å². The Balaban J connectivity index is 2.61. The molecule has 1 N–H and O–H groups in total. The lowest BCUT2D eigenvalue weighted by molar-refractivity contribution is 0.0943. The molecule has 142 valence electrons. The molecule has 0 saturated carbocycles. The van der Waals surface area contributed by atoms with Gasteiger partial charge < -0.3 is 29.0 Å². The summed E-state index contributed by atoms with van der Waals surface area (Å²) in [6.07, 6.45) is 2.72. The van der Waals surface area contributed by atoms with E-state index >= 15 is 0 Å². The third-order valence-electron chi connectivity index (χ3n) is 3.35. The van der Waals surface area contributed by atoms with Gasteiger partial charge in [0.15, 0.2) is 5.69 Å². The predicted molar refractivity (Wildman–Crippen MR) is 91.3 cm³/mol. The summed E-state index contributed by atoms with van der Waals surface area (Å²) in [5.74, 6) is 0.00521. The zero-order chi connectivity index (χ0) is 18.7. The van der Waals surface area contributed by atoms with Gasteiger partial charge in [0.25, 0.3) is 5.91 Å². The van der Waals surface area contributed by atoms with Crippen molar-refractivity contribution < 1.29 is 23.5 Å². The summed E-state index contributed by atoms with van der Waals surface area (Å²) in [5, 5.41) is 2.74. The molecular weight excluding hydrogens is 328 g/mol. The van der Waals surface area contributed by atoms with Gasteiger partial charge in [-0.3, -0.25) is 4.79 Å². The van der Waals surface area contributed by atoms with Crippen LogP contribution in [0.15, 0.2) is 10.7 Å². The van der Waals surface area contributed by atoms with Crippen molar-refractivity contribution >= 4 is 11.9 Å². The van der Waals surface area contributed by atoms with Crippen LogP contribution in [-0.4, -0.2) is 81.3 Å². The Hall–Kier alpha value is -2.13. The predicted octanol–water partition coefficient (Wildman–Crippen LogP) is 0.961. The van der Waals surface area contributed by atoms with E-state index in [-0.39, 0.29) is 24.2 Å². The maximum atomic E-state index is 12.2. The highest BCUT2D eigenvalue weighted by molar-refractivity contribution is 5.91. The van der Waals surface area contributed by atoms with Gasteiger partial charge in [-0.25, -0.2) is 9.78 Å². The molecule has 0 radical (unpaired) electrons. The number of amides is 3. The van der Waals surface area contributed by atoms with E-state index in [1.165, 1.54) is 11.2 Å². The largest absolute Gasteiger partial charge is 0.446 e. The van der Waals surface area contributed by atoms with Gasteiger partial charge >= 0.3 is 6.03 Å². The van der Waals surface area contributed by atoms with Crippen molar-refractivity contribution in [2.75, 3.05) is 54.6 Å². The van der Waals surface area contributed by atoms with E-state index < -0.39 is 0 Å². The smallest absolute Gasteiger partial charge is 0.319 e. The molecule has 25 heavy (non-hydrogen) atoms. The minimum Gasteiger partial charge on any atom is -0.446 e. The molecule has 3 amide bonds. The van der Waals surface area contributed by atoms with E-state index in [4.69, 9.17) is 13.9 Å². The van der Waals surface area contributed by atoms with Crippen molar-refractivity contribution in [2.45, 2.75) is 19.4 Å². The second kappa shape index (κ2) is 11.4. The molecule has 0 saturated heterocycles. The summed E-state index contributed by atoms with van der Waals surface area (Å²) in [6, 6.07) is -0.153. The third-order valence-corrected chi connectivity index (χ3v) is 3.35. The quantitative estimate of drug-likeness (QED) is 0.593. The normalized spacial score (nSPS) is 10.6. The molecule has 0 aromatic carbocycles. The van der Waals surface area contributed by atoms with E-state index in [0.717, 1.165) is 6.42 Å². The highest BCUT2D eigenvalue weighted by Crippen LogP contribution is 2.08. The van der Waals surface area contributed by atoms with Crippen LogP contribution in [0.5, 0.6) is 0 Å². The summed E-state index contributed by atoms with van der Waals surface area (Å²) in [5.41, 5.74) is 0.196. The zero-order valence-corrected chi connectivity index (χ0v) is 15.4. The van der Waals surface area contributed by atoms with Crippen molar-refractivity contribution in [3.63, 3.8) is 0 Å². The van der Waals surface area contributed by atoms with E-state index in [1.807, 2.05) is 0 Å². The van der Waals surface area contributed by atoms with E-state index in [0.29, 0.717) is 38.6 Å². The molecule has 0 unspecified atom stereocenters. The van der Waals surface area contributed by atoms with Crippen LogP contribution in [-0.2, 0) is 16.0 Å². The molecule has 0 aliphatic carbocycles. The van der Waals surface area contributed by atoms with Crippen LogP contribution in [0, 0.1) is 0 Å². The molecule has 0 bridgehead atoms. The number of hydrogen-bond donors (Lipinski definition) is 1. The van der Waals surface area contributed by atoms with Crippen LogP contribution in [0.4, 0.5) is 4.79 Å². The molecule has 0 spiro atoms. The van der Waals surface area contributed by atoms with Gasteiger partial charge in [-0.05, 0) is 12.8 Å². The van der Waals surface area contributed by atoms with Gasteiger partial charge in [-0.15, -0.1) is 0 Å². The van der Waals surface area contributed by atoms with Crippen molar-refractivity contribution in [3.8, 4) is 0 Å². The summed E-state index contributed by atoms with van der Waals surface area (Å²) in [4.78, 5) is 31.5. The maximum absolute atomic E-state index is 12.2. The summed E-state index contributed by atoms with van der Waals surface area (Å²) < 4.78 is 15.3. The number of methoxy groups -OCH3 is 2. The highest BCUT2D eigenvalue weighted by atomic mass is 16.5. The Morgan fingerprint density at radius 3 is 2.52 bits per heavy atom. The molecule has 1 rings (SSSR count). The lowest BCUT2D eigenvalue weighted by Crippen LogP contribution is -2.39. The lowest BCUT2D eigenvalue weighted by Gasteiger charge is -2.24. The summed E-state index contributed by atoms with van der Waals surface area (Å²) >= 11 is 0. The Morgan fingerprint density at radius 2 is 1.88 bits per heavy atom. The Morgan fingerprint density at radius 1 is 1.20 bits per heavy atom. The van der Waals surface area contributed by atoms with Crippen molar-refractivity contribution in [3.05, 3.63) is 17.8 Å². The van der Waals surface area contributed by atoms with Gasteiger partial charge in [0, 0.05) is 54.6 Å². The zero-order valence-electron chi connectivity index (χ0n) is 15.4. The first kappa shape index (κ1) is 20.9. The first-order valence-corrected chi connectivity index (χ1v) is 8.16. The fourth-order valence-electron chi connectivity index (χ4n) is 2.08. The summed E-state index contributed by atoms with van der Waals surface area (Å²) in [6.45, 7) is 2.33. The van der Waals surface area contributed by atoms with Crippen LogP contribution in [0.1, 0.15) is 29.2 Å². The molecule has 1 heterocycles. The topological polar surface area (TPSA) is 97.1 Å². The lowest BCUT2D eigenvalue weighted by atomic mass is 10.4. The first-order chi connectivity index (χ1) is 12.0. The number of rotatable bonds is 11. The molecule has 0 aliphatic rings. The monoisotopic (exact) mass is 356 g/mol. The fraction of sp³-hybridized carbons (Fsp3) is 0.688. The molecule has 0 aliphatic heterocycles. The standard InChI is InChI=1S/C16H28N4O5/c1-19(2)16(22)20(8-6-10-24-4)11-14-18-13(12-25-14)15(21)17-7-5-9-23-3/h12H,5-11H2,1-4H3,(H,17,21). The van der Waals surface area contributed by atoms with Crippen molar-refractivity contribution in [1.82, 2.24) is 20.1 Å². The average molecular weight is 356 g/mol. The number of nitrogens with zero attached hydrogens (tertiary/aromatic N) is 3. The number of carbonyl (C=O) groups excluding carboxylic acids is 2. The number of aromatic nitrogens is 1. The van der Waals surface area contributed by atoms with Gasteiger partial charge in [0.2, 0.25) is 5.89 Å². The number of hydrogen-bond acceptors (Lipinski definition) is 6. The van der Waals surface area contributed by atoms with Crippen LogP contribution in [0.2, 0.25) is 0 Å². The number of urea groups is 1. The van der Waals surface area contributed by atoms with Crippen LogP contribution in [0.3, 0.4) is 0 Å². The number of oxazole rings is 1. The molecule has 1 aromatic rings. The van der Waals surface area contributed by atoms with E-state index in [1.54, 1.807) is 33.2 Å². The van der Waals surface area contributed by atoms with Crippen molar-refractivity contribution in [2.24, 2.45) is 0 Å². The second-order valence-corrected chi connectivity index (χ2v) is 5.67. The van der Waals surface area contributed by atoms with Gasteiger partial charge in [-0.2, -0.15) is 0 Å². The SMILES string of the molecule is COCCCNC(=O)c1coc(CN(CCCOC)C(=O)N(C)C)n1. The van der Waals surface area contributed by atoms with E-state index in [9.17, 15) is 9.59 Å². The minimum absolute atomic E-state index is 0.153. The molecular formula is C16H28N4O5.